The number of carbonyl (C=O) groups excluding carboxylic acids is 1. The molecule has 3 nitrogen and oxygen atoms in total. The fraction of sp³-hybridized carbons (Fsp3) is 0.889. The van der Waals surface area contributed by atoms with E-state index in [2.05, 4.69) is 12.2 Å². The van der Waals surface area contributed by atoms with Gasteiger partial charge in [0.1, 0.15) is 0 Å². The van der Waals surface area contributed by atoms with E-state index in [4.69, 9.17) is 5.73 Å². The molecule has 0 saturated heterocycles. The predicted octanol–water partition coefficient (Wildman–Crippen LogP) is 0.782. The van der Waals surface area contributed by atoms with E-state index in [1.807, 2.05) is 6.92 Å². The molecule has 0 bridgehead atoms. The van der Waals surface area contributed by atoms with Crippen molar-refractivity contribution >= 4 is 5.91 Å². The zero-order valence-corrected chi connectivity index (χ0v) is 7.89. The molecule has 0 radical (unpaired) electrons. The van der Waals surface area contributed by atoms with Crippen LogP contribution in [0.4, 0.5) is 0 Å². The first-order chi connectivity index (χ1) is 5.57. The van der Waals surface area contributed by atoms with Gasteiger partial charge in [0.15, 0.2) is 0 Å². The Labute approximate surface area is 73.7 Å². The van der Waals surface area contributed by atoms with E-state index in [1.165, 1.54) is 6.42 Å². The Hall–Kier alpha value is -0.570. The highest BCUT2D eigenvalue weighted by atomic mass is 16.2. The molecular formula is C9H18N2O. The Balaban J connectivity index is 2.35. The minimum atomic E-state index is -0.331. The molecule has 0 aromatic rings. The summed E-state index contributed by atoms with van der Waals surface area (Å²) >= 11 is 0. The quantitative estimate of drug-likeness (QED) is 0.657. The number of nitrogens with one attached hydrogen (secondary N) is 1. The van der Waals surface area contributed by atoms with Gasteiger partial charge >= 0.3 is 0 Å². The Kier molecular flexibility index (Phi) is 2.73. The number of hydrogen-bond donors (Lipinski definition) is 2. The molecule has 3 N–H and O–H groups in total. The Morgan fingerprint density at radius 3 is 2.58 bits per heavy atom. The lowest BCUT2D eigenvalue weighted by Gasteiger charge is -2.39. The lowest BCUT2D eigenvalue weighted by atomic mass is 9.78. The average molecular weight is 170 g/mol. The summed E-state index contributed by atoms with van der Waals surface area (Å²) in [6, 6.07) is -0.331. The normalized spacial score (nSPS) is 22.6. The fourth-order valence-electron chi connectivity index (χ4n) is 1.41. The van der Waals surface area contributed by atoms with Gasteiger partial charge in [0, 0.05) is 5.54 Å². The van der Waals surface area contributed by atoms with Crippen molar-refractivity contribution in [3.05, 3.63) is 0 Å². The Bertz CT molecular complexity index is 175. The molecule has 0 aromatic heterocycles. The third kappa shape index (κ3) is 1.97. The maximum Gasteiger partial charge on any atom is 0.237 e. The van der Waals surface area contributed by atoms with Gasteiger partial charge in [-0.15, -0.1) is 0 Å². The molecule has 1 aliphatic rings. The average Bonchev–Trinajstić information content (AvgIpc) is 2.00. The summed E-state index contributed by atoms with van der Waals surface area (Å²) in [4.78, 5) is 11.3. The minimum Gasteiger partial charge on any atom is -0.350 e. The fourth-order valence-corrected chi connectivity index (χ4v) is 1.41. The molecule has 1 atom stereocenters. The molecule has 12 heavy (non-hydrogen) atoms. The Morgan fingerprint density at radius 1 is 1.67 bits per heavy atom. The zero-order valence-electron chi connectivity index (χ0n) is 7.89. The second kappa shape index (κ2) is 3.44. The van der Waals surface area contributed by atoms with Crippen LogP contribution < -0.4 is 11.1 Å². The SMILES string of the molecule is CC[C@@H](N)C(=O)NC1(C)CCC1. The maximum atomic E-state index is 11.3. The van der Waals surface area contributed by atoms with Gasteiger partial charge in [0.05, 0.1) is 6.04 Å². The van der Waals surface area contributed by atoms with Crippen LogP contribution >= 0.6 is 0 Å². The standard InChI is InChI=1S/C9H18N2O/c1-3-7(10)8(12)11-9(2)5-4-6-9/h7H,3-6,10H2,1-2H3,(H,11,12)/t7-/m1/s1. The molecule has 3 heteroatoms. The number of rotatable bonds is 3. The molecule has 1 saturated carbocycles. The van der Waals surface area contributed by atoms with Gasteiger partial charge in [-0.2, -0.15) is 0 Å². The van der Waals surface area contributed by atoms with Gasteiger partial charge < -0.3 is 11.1 Å². The first kappa shape index (κ1) is 9.52. The van der Waals surface area contributed by atoms with Crippen molar-refractivity contribution in [2.75, 3.05) is 0 Å². The summed E-state index contributed by atoms with van der Waals surface area (Å²) in [7, 11) is 0. The van der Waals surface area contributed by atoms with Crippen molar-refractivity contribution < 1.29 is 4.79 Å². The van der Waals surface area contributed by atoms with E-state index in [0.717, 1.165) is 12.8 Å². The smallest absolute Gasteiger partial charge is 0.237 e. The van der Waals surface area contributed by atoms with Gasteiger partial charge in [0.25, 0.3) is 0 Å². The van der Waals surface area contributed by atoms with E-state index in [-0.39, 0.29) is 17.5 Å². The molecular weight excluding hydrogens is 152 g/mol. The van der Waals surface area contributed by atoms with E-state index in [0.29, 0.717) is 6.42 Å². The van der Waals surface area contributed by atoms with Gasteiger partial charge in [0.2, 0.25) is 5.91 Å². The highest BCUT2D eigenvalue weighted by Crippen LogP contribution is 2.30. The number of amides is 1. The van der Waals surface area contributed by atoms with E-state index in [1.54, 1.807) is 0 Å². The molecule has 1 amide bonds. The minimum absolute atomic E-state index is 0.000278. The topological polar surface area (TPSA) is 55.1 Å². The summed E-state index contributed by atoms with van der Waals surface area (Å²) in [5.74, 6) is -0.000278. The first-order valence-electron chi connectivity index (χ1n) is 4.65. The first-order valence-corrected chi connectivity index (χ1v) is 4.65. The monoisotopic (exact) mass is 170 g/mol. The third-order valence-corrected chi connectivity index (χ3v) is 2.66. The number of carbonyl (C=O) groups is 1. The second-order valence-corrected chi connectivity index (χ2v) is 3.92. The van der Waals surface area contributed by atoms with Crippen molar-refractivity contribution in [1.82, 2.24) is 5.32 Å². The van der Waals surface area contributed by atoms with Crippen LogP contribution in [0.2, 0.25) is 0 Å². The molecule has 0 spiro atoms. The molecule has 0 aliphatic heterocycles. The van der Waals surface area contributed by atoms with Crippen molar-refractivity contribution in [2.45, 2.75) is 51.1 Å². The highest BCUT2D eigenvalue weighted by molar-refractivity contribution is 5.82. The molecule has 0 unspecified atom stereocenters. The van der Waals surface area contributed by atoms with Crippen LogP contribution in [0.3, 0.4) is 0 Å². The summed E-state index contributed by atoms with van der Waals surface area (Å²) < 4.78 is 0. The summed E-state index contributed by atoms with van der Waals surface area (Å²) in [6.07, 6.45) is 4.12. The van der Waals surface area contributed by atoms with E-state index in [9.17, 15) is 4.79 Å². The van der Waals surface area contributed by atoms with Crippen molar-refractivity contribution in [1.29, 1.82) is 0 Å². The maximum absolute atomic E-state index is 11.3. The Morgan fingerprint density at radius 2 is 2.25 bits per heavy atom. The number of nitrogens with two attached hydrogens (primary N) is 1. The van der Waals surface area contributed by atoms with Crippen LogP contribution in [-0.4, -0.2) is 17.5 Å². The molecule has 0 heterocycles. The molecule has 0 aromatic carbocycles. The third-order valence-electron chi connectivity index (χ3n) is 2.66. The summed E-state index contributed by atoms with van der Waals surface area (Å²) in [5.41, 5.74) is 5.64. The molecule has 1 fully saturated rings. The second-order valence-electron chi connectivity index (χ2n) is 3.92. The number of hydrogen-bond acceptors (Lipinski definition) is 2. The lowest BCUT2D eigenvalue weighted by Crippen LogP contribution is -2.55. The molecule has 70 valence electrons. The predicted molar refractivity (Wildman–Crippen MR) is 48.7 cm³/mol. The van der Waals surface area contributed by atoms with Crippen molar-refractivity contribution in [2.24, 2.45) is 5.73 Å². The van der Waals surface area contributed by atoms with E-state index >= 15 is 0 Å². The highest BCUT2D eigenvalue weighted by Gasteiger charge is 2.33. The molecule has 1 aliphatic carbocycles. The van der Waals surface area contributed by atoms with Crippen molar-refractivity contribution in [3.8, 4) is 0 Å². The van der Waals surface area contributed by atoms with Crippen LogP contribution in [0.5, 0.6) is 0 Å². The zero-order chi connectivity index (χ0) is 9.19. The van der Waals surface area contributed by atoms with Gasteiger partial charge in [-0.05, 0) is 32.6 Å². The van der Waals surface area contributed by atoms with Gasteiger partial charge in [-0.1, -0.05) is 6.92 Å². The summed E-state index contributed by atoms with van der Waals surface area (Å²) in [6.45, 7) is 4.00. The largest absolute Gasteiger partial charge is 0.350 e. The van der Waals surface area contributed by atoms with Crippen LogP contribution in [0.1, 0.15) is 39.5 Å². The van der Waals surface area contributed by atoms with Crippen LogP contribution in [0.25, 0.3) is 0 Å². The van der Waals surface area contributed by atoms with Crippen LogP contribution in [0.15, 0.2) is 0 Å². The van der Waals surface area contributed by atoms with Crippen molar-refractivity contribution in [3.63, 3.8) is 0 Å². The molecule has 1 rings (SSSR count). The van der Waals surface area contributed by atoms with Crippen LogP contribution in [0, 0.1) is 0 Å². The summed E-state index contributed by atoms with van der Waals surface area (Å²) in [5, 5.41) is 2.98. The van der Waals surface area contributed by atoms with Gasteiger partial charge in [-0.3, -0.25) is 4.79 Å². The lowest BCUT2D eigenvalue weighted by molar-refractivity contribution is -0.125. The van der Waals surface area contributed by atoms with E-state index < -0.39 is 0 Å². The van der Waals surface area contributed by atoms with Gasteiger partial charge in [-0.25, -0.2) is 0 Å². The van der Waals surface area contributed by atoms with Crippen LogP contribution in [-0.2, 0) is 4.79 Å².